The third kappa shape index (κ3) is 3.47. The number of amides is 1. The Morgan fingerprint density at radius 1 is 1.59 bits per heavy atom. The number of aliphatic hydroxyl groups is 2. The van der Waals surface area contributed by atoms with Gasteiger partial charge in [0, 0.05) is 18.8 Å². The zero-order valence-electron chi connectivity index (χ0n) is 10.1. The Hall–Kier alpha value is -1.53. The fourth-order valence-corrected chi connectivity index (χ4v) is 1.48. The molecule has 0 fully saturated rings. The lowest BCUT2D eigenvalue weighted by molar-refractivity contribution is 0.0795. The van der Waals surface area contributed by atoms with Crippen LogP contribution >= 0.6 is 0 Å². The number of hydrogen-bond donors (Lipinski definition) is 4. The van der Waals surface area contributed by atoms with Gasteiger partial charge in [-0.25, -0.2) is 0 Å². The molecule has 1 heterocycles. The maximum Gasteiger partial charge on any atom is 0.268 e. The van der Waals surface area contributed by atoms with Crippen molar-refractivity contribution in [1.29, 1.82) is 0 Å². The molecular formula is C11H19N3O3. The van der Waals surface area contributed by atoms with Crippen LogP contribution in [0.3, 0.4) is 0 Å². The number of anilines is 1. The molecule has 0 saturated carbocycles. The zero-order valence-corrected chi connectivity index (χ0v) is 10.1. The number of hydrogen-bond acceptors (Lipinski definition) is 4. The standard InChI is InChI=1S/C11H19N3O3/c1-7(2)14-5-8(12)3-10(14)11(17)13-4-9(16)6-15/h3,5,7,9,15-16H,4,6,12H2,1-2H3,(H,13,17). The minimum Gasteiger partial charge on any atom is -0.397 e. The number of aromatic nitrogens is 1. The second-order valence-electron chi connectivity index (χ2n) is 4.21. The highest BCUT2D eigenvalue weighted by Crippen LogP contribution is 2.16. The Kier molecular flexibility index (Phi) is 4.53. The molecule has 6 heteroatoms. The van der Waals surface area contributed by atoms with Crippen molar-refractivity contribution in [3.8, 4) is 0 Å². The molecule has 0 saturated heterocycles. The first-order chi connectivity index (χ1) is 7.95. The predicted octanol–water partition coefficient (Wildman–Crippen LogP) is -0.266. The van der Waals surface area contributed by atoms with Crippen LogP contribution in [-0.4, -0.2) is 39.9 Å². The number of rotatable bonds is 5. The molecule has 96 valence electrons. The monoisotopic (exact) mass is 241 g/mol. The van der Waals surface area contributed by atoms with Crippen molar-refractivity contribution in [3.63, 3.8) is 0 Å². The number of carbonyl (C=O) groups excluding carboxylic acids is 1. The minimum atomic E-state index is -0.946. The molecule has 1 atom stereocenters. The molecule has 17 heavy (non-hydrogen) atoms. The van der Waals surface area contributed by atoms with E-state index >= 15 is 0 Å². The Labute approximate surface area is 100 Å². The Morgan fingerprint density at radius 2 is 2.24 bits per heavy atom. The zero-order chi connectivity index (χ0) is 13.0. The van der Waals surface area contributed by atoms with Crippen LogP contribution in [-0.2, 0) is 0 Å². The van der Waals surface area contributed by atoms with Gasteiger partial charge < -0.3 is 25.8 Å². The predicted molar refractivity (Wildman–Crippen MR) is 64.7 cm³/mol. The largest absolute Gasteiger partial charge is 0.397 e. The molecule has 1 unspecified atom stereocenters. The average molecular weight is 241 g/mol. The summed E-state index contributed by atoms with van der Waals surface area (Å²) in [4.78, 5) is 11.8. The van der Waals surface area contributed by atoms with Crippen molar-refractivity contribution in [1.82, 2.24) is 9.88 Å². The van der Waals surface area contributed by atoms with Gasteiger partial charge in [-0.05, 0) is 19.9 Å². The van der Waals surface area contributed by atoms with E-state index in [4.69, 9.17) is 15.9 Å². The van der Waals surface area contributed by atoms with Crippen LogP contribution in [0.5, 0.6) is 0 Å². The second kappa shape index (κ2) is 5.70. The summed E-state index contributed by atoms with van der Waals surface area (Å²) in [6.07, 6.45) is 0.751. The summed E-state index contributed by atoms with van der Waals surface area (Å²) in [6, 6.07) is 1.71. The smallest absolute Gasteiger partial charge is 0.268 e. The fourth-order valence-electron chi connectivity index (χ4n) is 1.48. The van der Waals surface area contributed by atoms with E-state index in [1.807, 2.05) is 13.8 Å². The van der Waals surface area contributed by atoms with Crippen LogP contribution in [0.25, 0.3) is 0 Å². The summed E-state index contributed by atoms with van der Waals surface area (Å²) in [7, 11) is 0. The first kappa shape index (κ1) is 13.5. The summed E-state index contributed by atoms with van der Waals surface area (Å²) >= 11 is 0. The van der Waals surface area contributed by atoms with Crippen LogP contribution in [0.2, 0.25) is 0 Å². The average Bonchev–Trinajstić information content (AvgIpc) is 2.67. The molecule has 0 spiro atoms. The normalized spacial score (nSPS) is 12.8. The van der Waals surface area contributed by atoms with Crippen molar-refractivity contribution >= 4 is 11.6 Å². The van der Waals surface area contributed by atoms with E-state index in [-0.39, 0.29) is 25.1 Å². The molecule has 1 rings (SSSR count). The Morgan fingerprint density at radius 3 is 2.76 bits per heavy atom. The number of nitrogens with zero attached hydrogens (tertiary/aromatic N) is 1. The summed E-state index contributed by atoms with van der Waals surface area (Å²) < 4.78 is 1.76. The van der Waals surface area contributed by atoms with Gasteiger partial charge in [0.2, 0.25) is 0 Å². The topological polar surface area (TPSA) is 101 Å². The first-order valence-electron chi connectivity index (χ1n) is 5.50. The molecule has 0 aromatic carbocycles. The van der Waals surface area contributed by atoms with Gasteiger partial charge in [-0.3, -0.25) is 4.79 Å². The van der Waals surface area contributed by atoms with E-state index in [9.17, 15) is 4.79 Å². The molecule has 1 aromatic rings. The van der Waals surface area contributed by atoms with Gasteiger partial charge in [0.1, 0.15) is 5.69 Å². The molecular weight excluding hydrogens is 222 g/mol. The summed E-state index contributed by atoms with van der Waals surface area (Å²) in [5.74, 6) is -0.317. The lowest BCUT2D eigenvalue weighted by Crippen LogP contribution is -2.35. The minimum absolute atomic E-state index is 0.0124. The summed E-state index contributed by atoms with van der Waals surface area (Å²) in [5.41, 5.74) is 6.61. The van der Waals surface area contributed by atoms with E-state index in [0.29, 0.717) is 11.4 Å². The van der Waals surface area contributed by atoms with Crippen molar-refractivity contribution in [2.24, 2.45) is 0 Å². The van der Waals surface area contributed by atoms with Crippen LogP contribution in [0.15, 0.2) is 12.3 Å². The first-order valence-corrected chi connectivity index (χ1v) is 5.50. The SMILES string of the molecule is CC(C)n1cc(N)cc1C(=O)NCC(O)CO. The number of nitrogens with two attached hydrogens (primary N) is 1. The molecule has 0 aliphatic heterocycles. The molecule has 6 nitrogen and oxygen atoms in total. The van der Waals surface area contributed by atoms with Gasteiger partial charge in [-0.2, -0.15) is 0 Å². The summed E-state index contributed by atoms with van der Waals surface area (Å²) in [6.45, 7) is 3.52. The van der Waals surface area contributed by atoms with Crippen molar-refractivity contribution in [2.45, 2.75) is 26.0 Å². The number of nitrogens with one attached hydrogen (secondary N) is 1. The molecule has 0 bridgehead atoms. The van der Waals surface area contributed by atoms with Crippen LogP contribution < -0.4 is 11.1 Å². The Bertz CT molecular complexity index is 387. The van der Waals surface area contributed by atoms with E-state index in [1.54, 1.807) is 16.8 Å². The molecule has 0 aliphatic carbocycles. The number of nitrogen functional groups attached to an aromatic ring is 1. The highest BCUT2D eigenvalue weighted by atomic mass is 16.3. The van der Waals surface area contributed by atoms with E-state index in [1.165, 1.54) is 0 Å². The molecule has 5 N–H and O–H groups in total. The van der Waals surface area contributed by atoms with E-state index in [0.717, 1.165) is 0 Å². The van der Waals surface area contributed by atoms with E-state index in [2.05, 4.69) is 5.32 Å². The quantitative estimate of drug-likeness (QED) is 0.570. The van der Waals surface area contributed by atoms with E-state index < -0.39 is 6.10 Å². The third-order valence-corrected chi connectivity index (χ3v) is 2.37. The maximum absolute atomic E-state index is 11.8. The number of aliphatic hydroxyl groups excluding tert-OH is 2. The second-order valence-corrected chi connectivity index (χ2v) is 4.21. The molecule has 1 amide bonds. The fraction of sp³-hybridized carbons (Fsp3) is 0.545. The molecule has 1 aromatic heterocycles. The van der Waals surface area contributed by atoms with Gasteiger partial charge >= 0.3 is 0 Å². The van der Waals surface area contributed by atoms with Crippen molar-refractivity contribution in [3.05, 3.63) is 18.0 Å². The van der Waals surface area contributed by atoms with Gasteiger partial charge in [0.15, 0.2) is 0 Å². The Balaban J connectivity index is 2.74. The van der Waals surface area contributed by atoms with Crippen molar-refractivity contribution in [2.75, 3.05) is 18.9 Å². The van der Waals surface area contributed by atoms with Crippen LogP contribution in [0.1, 0.15) is 30.4 Å². The molecule has 0 radical (unpaired) electrons. The van der Waals surface area contributed by atoms with Crippen LogP contribution in [0, 0.1) is 0 Å². The number of carbonyl (C=O) groups is 1. The molecule has 0 aliphatic rings. The van der Waals surface area contributed by atoms with Crippen LogP contribution in [0.4, 0.5) is 5.69 Å². The maximum atomic E-state index is 11.8. The van der Waals surface area contributed by atoms with Gasteiger partial charge in [0.05, 0.1) is 18.4 Å². The lowest BCUT2D eigenvalue weighted by Gasteiger charge is -2.13. The summed E-state index contributed by atoms with van der Waals surface area (Å²) in [5, 5.41) is 20.3. The van der Waals surface area contributed by atoms with Crippen molar-refractivity contribution < 1.29 is 15.0 Å². The highest BCUT2D eigenvalue weighted by Gasteiger charge is 2.15. The van der Waals surface area contributed by atoms with Gasteiger partial charge in [-0.1, -0.05) is 0 Å². The highest BCUT2D eigenvalue weighted by molar-refractivity contribution is 5.93. The third-order valence-electron chi connectivity index (χ3n) is 2.37. The van der Waals surface area contributed by atoms with Gasteiger partial charge in [0.25, 0.3) is 5.91 Å². The lowest BCUT2D eigenvalue weighted by atomic mass is 10.3. The van der Waals surface area contributed by atoms with Gasteiger partial charge in [-0.15, -0.1) is 0 Å².